The molecule has 0 atom stereocenters. The number of halogens is 1. The van der Waals surface area contributed by atoms with Crippen LogP contribution in [0.25, 0.3) is 11.3 Å². The SMILES string of the molecule is COc1cc(-c2cc(C(=O)N3CCC(C(=O)NCc4ccc5c(c4)CC(=O)N5C)CC3)[nH]n2)c(Cl)cn1. The lowest BCUT2D eigenvalue weighted by Gasteiger charge is -2.31. The molecule has 1 saturated heterocycles. The van der Waals surface area contributed by atoms with Crippen molar-refractivity contribution in [2.45, 2.75) is 25.8 Å². The minimum Gasteiger partial charge on any atom is -0.481 e. The largest absolute Gasteiger partial charge is 0.481 e. The number of H-pyrrole nitrogens is 1. The zero-order valence-corrected chi connectivity index (χ0v) is 21.3. The number of rotatable bonds is 6. The molecule has 0 spiro atoms. The highest BCUT2D eigenvalue weighted by atomic mass is 35.5. The van der Waals surface area contributed by atoms with Crippen molar-refractivity contribution in [3.05, 3.63) is 58.4 Å². The zero-order valence-electron chi connectivity index (χ0n) is 20.6. The van der Waals surface area contributed by atoms with Crippen molar-refractivity contribution in [2.75, 3.05) is 32.1 Å². The second-order valence-corrected chi connectivity index (χ2v) is 9.66. The highest BCUT2D eigenvalue weighted by molar-refractivity contribution is 6.33. The monoisotopic (exact) mass is 522 g/mol. The van der Waals surface area contributed by atoms with Gasteiger partial charge >= 0.3 is 0 Å². The van der Waals surface area contributed by atoms with Crippen LogP contribution in [-0.2, 0) is 22.6 Å². The van der Waals surface area contributed by atoms with Crippen molar-refractivity contribution in [3.8, 4) is 17.1 Å². The number of methoxy groups -OCH3 is 1. The number of ether oxygens (including phenoxy) is 1. The molecule has 4 heterocycles. The van der Waals surface area contributed by atoms with Crippen molar-refractivity contribution in [1.82, 2.24) is 25.4 Å². The lowest BCUT2D eigenvalue weighted by molar-refractivity contribution is -0.126. The van der Waals surface area contributed by atoms with Gasteiger partial charge in [0.05, 0.1) is 30.4 Å². The van der Waals surface area contributed by atoms with Gasteiger partial charge in [-0.3, -0.25) is 19.5 Å². The van der Waals surface area contributed by atoms with Gasteiger partial charge in [0, 0.05) is 49.9 Å². The summed E-state index contributed by atoms with van der Waals surface area (Å²) in [6.07, 6.45) is 3.03. The van der Waals surface area contributed by atoms with Gasteiger partial charge in [-0.2, -0.15) is 5.10 Å². The summed E-state index contributed by atoms with van der Waals surface area (Å²) < 4.78 is 5.15. The minimum absolute atomic E-state index is 0.0223. The number of likely N-dealkylation sites (tertiary alicyclic amines) is 1. The maximum Gasteiger partial charge on any atom is 0.271 e. The van der Waals surface area contributed by atoms with Crippen LogP contribution >= 0.6 is 11.6 Å². The van der Waals surface area contributed by atoms with Crippen molar-refractivity contribution >= 4 is 35.0 Å². The number of likely N-dealkylation sites (N-methyl/N-ethyl adjacent to an activating group) is 1. The summed E-state index contributed by atoms with van der Waals surface area (Å²) in [7, 11) is 3.28. The lowest BCUT2D eigenvalue weighted by atomic mass is 9.95. The van der Waals surface area contributed by atoms with E-state index in [1.807, 2.05) is 18.2 Å². The summed E-state index contributed by atoms with van der Waals surface area (Å²) >= 11 is 6.25. The van der Waals surface area contributed by atoms with Crippen LogP contribution in [0.5, 0.6) is 5.88 Å². The normalized spacial score (nSPS) is 15.6. The molecular formula is C26H27ClN6O4. The molecule has 3 amide bonds. The second kappa shape index (κ2) is 10.2. The fourth-order valence-corrected chi connectivity index (χ4v) is 4.98. The van der Waals surface area contributed by atoms with Gasteiger partial charge in [0.15, 0.2) is 0 Å². The number of nitrogens with one attached hydrogen (secondary N) is 2. The average Bonchev–Trinajstić information content (AvgIpc) is 3.51. The Labute approximate surface area is 219 Å². The van der Waals surface area contributed by atoms with Crippen LogP contribution in [0.1, 0.15) is 34.5 Å². The van der Waals surface area contributed by atoms with Gasteiger partial charge in [-0.1, -0.05) is 23.7 Å². The first-order valence-electron chi connectivity index (χ1n) is 12.0. The number of anilines is 1. The van der Waals surface area contributed by atoms with Gasteiger partial charge in [0.2, 0.25) is 17.7 Å². The number of fused-ring (bicyclic) bond motifs is 1. The standard InChI is InChI=1S/C26H27ClN6O4/c1-32-22-4-3-15(9-17(22)10-24(32)34)13-29-25(35)16-5-7-33(8-6-16)26(36)21-12-20(30-31-21)18-11-23(37-2)28-14-19(18)27/h3-4,9,11-12,14,16H,5-8,10,13H2,1-2H3,(H,29,35)(H,30,31). The van der Waals surface area contributed by atoms with E-state index in [1.165, 1.54) is 13.3 Å². The van der Waals surface area contributed by atoms with Gasteiger partial charge in [-0.05, 0) is 36.1 Å². The summed E-state index contributed by atoms with van der Waals surface area (Å²) in [6.45, 7) is 1.35. The molecule has 2 aromatic heterocycles. The molecular weight excluding hydrogens is 496 g/mol. The topological polar surface area (TPSA) is 121 Å². The molecule has 192 valence electrons. The molecule has 2 aliphatic rings. The molecule has 1 aromatic carbocycles. The van der Waals surface area contributed by atoms with E-state index >= 15 is 0 Å². The summed E-state index contributed by atoms with van der Waals surface area (Å²) in [5.74, 6) is 0.115. The number of carbonyl (C=O) groups is 3. The molecule has 0 radical (unpaired) electrons. The predicted molar refractivity (Wildman–Crippen MR) is 137 cm³/mol. The van der Waals surface area contributed by atoms with Crippen LogP contribution in [0.3, 0.4) is 0 Å². The molecule has 0 unspecified atom stereocenters. The smallest absolute Gasteiger partial charge is 0.271 e. The molecule has 10 nitrogen and oxygen atoms in total. The van der Waals surface area contributed by atoms with Crippen molar-refractivity contribution < 1.29 is 19.1 Å². The molecule has 1 fully saturated rings. The Bertz CT molecular complexity index is 1360. The summed E-state index contributed by atoms with van der Waals surface area (Å²) in [4.78, 5) is 45.1. The number of nitrogens with zero attached hydrogens (tertiary/aromatic N) is 4. The van der Waals surface area contributed by atoms with Crippen LogP contribution < -0.4 is 15.0 Å². The molecule has 2 aliphatic heterocycles. The van der Waals surface area contributed by atoms with Gasteiger partial charge < -0.3 is 19.9 Å². The number of piperidine rings is 1. The van der Waals surface area contributed by atoms with Crippen molar-refractivity contribution in [1.29, 1.82) is 0 Å². The molecule has 5 rings (SSSR count). The fraction of sp³-hybridized carbons (Fsp3) is 0.346. The number of pyridine rings is 1. The molecule has 0 bridgehead atoms. The van der Waals surface area contributed by atoms with Crippen LogP contribution in [0.2, 0.25) is 5.02 Å². The maximum atomic E-state index is 13.0. The number of amides is 3. The van der Waals surface area contributed by atoms with Gasteiger partial charge in [0.1, 0.15) is 5.69 Å². The molecule has 2 N–H and O–H groups in total. The number of aromatic amines is 1. The van der Waals surface area contributed by atoms with E-state index < -0.39 is 0 Å². The first-order chi connectivity index (χ1) is 17.8. The number of aromatic nitrogens is 3. The maximum absolute atomic E-state index is 13.0. The van der Waals surface area contributed by atoms with Gasteiger partial charge in [-0.15, -0.1) is 0 Å². The van der Waals surface area contributed by atoms with E-state index in [4.69, 9.17) is 16.3 Å². The Morgan fingerprint density at radius 1 is 1.22 bits per heavy atom. The van der Waals surface area contributed by atoms with Crippen LogP contribution in [0.4, 0.5) is 5.69 Å². The predicted octanol–water partition coefficient (Wildman–Crippen LogP) is 2.82. The van der Waals surface area contributed by atoms with Crippen molar-refractivity contribution in [3.63, 3.8) is 0 Å². The summed E-state index contributed by atoms with van der Waals surface area (Å²) in [5.41, 5.74) is 4.35. The Kier molecular flexibility index (Phi) is 6.84. The van der Waals surface area contributed by atoms with E-state index in [0.717, 1.165) is 16.8 Å². The first-order valence-corrected chi connectivity index (χ1v) is 12.4. The first kappa shape index (κ1) is 24.8. The fourth-order valence-electron chi connectivity index (χ4n) is 4.78. The quantitative estimate of drug-likeness (QED) is 0.513. The van der Waals surface area contributed by atoms with E-state index in [1.54, 1.807) is 29.0 Å². The third-order valence-corrected chi connectivity index (χ3v) is 7.27. The Morgan fingerprint density at radius 2 is 2.00 bits per heavy atom. The van der Waals surface area contributed by atoms with Gasteiger partial charge in [-0.25, -0.2) is 4.98 Å². The van der Waals surface area contributed by atoms with E-state index in [-0.39, 0.29) is 23.6 Å². The number of benzene rings is 1. The van der Waals surface area contributed by atoms with Crippen molar-refractivity contribution in [2.24, 2.45) is 5.92 Å². The van der Waals surface area contributed by atoms with Crippen LogP contribution in [-0.4, -0.2) is 65.0 Å². The van der Waals surface area contributed by atoms with Crippen LogP contribution in [0, 0.1) is 5.92 Å². The number of hydrogen-bond acceptors (Lipinski definition) is 6. The zero-order chi connectivity index (χ0) is 26.1. The molecule has 3 aromatic rings. The van der Waals surface area contributed by atoms with Crippen LogP contribution in [0.15, 0.2) is 36.5 Å². The Balaban J connectivity index is 1.14. The van der Waals surface area contributed by atoms with Gasteiger partial charge in [0.25, 0.3) is 5.91 Å². The Morgan fingerprint density at radius 3 is 2.76 bits per heavy atom. The van der Waals surface area contributed by atoms with E-state index in [0.29, 0.717) is 66.8 Å². The number of hydrogen-bond donors (Lipinski definition) is 2. The summed E-state index contributed by atoms with van der Waals surface area (Å²) in [6, 6.07) is 9.16. The van der Waals surface area contributed by atoms with E-state index in [2.05, 4.69) is 20.5 Å². The molecule has 11 heteroatoms. The second-order valence-electron chi connectivity index (χ2n) is 9.25. The average molecular weight is 523 g/mol. The summed E-state index contributed by atoms with van der Waals surface area (Å²) in [5, 5.41) is 10.4. The third-order valence-electron chi connectivity index (χ3n) is 6.96. The Hall–Kier alpha value is -3.92. The minimum atomic E-state index is -0.174. The highest BCUT2D eigenvalue weighted by Gasteiger charge is 2.29. The molecule has 0 aliphatic carbocycles. The lowest BCUT2D eigenvalue weighted by Crippen LogP contribution is -2.43. The third kappa shape index (κ3) is 5.01. The van der Waals surface area contributed by atoms with E-state index in [9.17, 15) is 14.4 Å². The molecule has 37 heavy (non-hydrogen) atoms. The highest BCUT2D eigenvalue weighted by Crippen LogP contribution is 2.30. The number of carbonyl (C=O) groups excluding carboxylic acids is 3. The molecule has 0 saturated carbocycles.